The summed E-state index contributed by atoms with van der Waals surface area (Å²) in [5.74, 6) is 0.958. The lowest BCUT2D eigenvalue weighted by molar-refractivity contribution is 0.780. The van der Waals surface area contributed by atoms with Gasteiger partial charge in [-0.2, -0.15) is 0 Å². The van der Waals surface area contributed by atoms with E-state index in [-0.39, 0.29) is 0 Å². The third kappa shape index (κ3) is 2.82. The second-order valence-electron chi connectivity index (χ2n) is 5.29. The molecular weight excluding hydrogens is 352 g/mol. The zero-order valence-corrected chi connectivity index (χ0v) is 15.1. The van der Waals surface area contributed by atoms with Crippen molar-refractivity contribution in [2.75, 3.05) is 14.1 Å². The molecule has 1 N–H and O–H groups in total. The highest BCUT2D eigenvalue weighted by Gasteiger charge is 2.18. The van der Waals surface area contributed by atoms with E-state index in [1.54, 1.807) is 0 Å². The largest absolute Gasteiger partial charge is 0.323 e. The number of rotatable bonds is 1. The first kappa shape index (κ1) is 15.9. The van der Waals surface area contributed by atoms with Crippen molar-refractivity contribution in [1.29, 1.82) is 0 Å². The van der Waals surface area contributed by atoms with E-state index in [1.807, 2.05) is 38.4 Å². The van der Waals surface area contributed by atoms with E-state index in [0.717, 1.165) is 44.5 Å². The first-order valence-corrected chi connectivity index (χ1v) is 8.41. The normalized spacial score (nSPS) is 11.0. The van der Waals surface area contributed by atoms with E-state index in [2.05, 4.69) is 50.9 Å². The third-order valence-corrected chi connectivity index (χ3v) is 4.12. The second kappa shape index (κ2) is 6.64. The Bertz CT molecular complexity index is 929. The Balaban J connectivity index is 0.000000485. The number of fused-ring (bicyclic) bond motifs is 4. The minimum absolute atomic E-state index is 0.879. The first-order chi connectivity index (χ1) is 11.2. The van der Waals surface area contributed by atoms with Crippen molar-refractivity contribution in [3.63, 3.8) is 0 Å². The van der Waals surface area contributed by atoms with Gasteiger partial charge in [0.15, 0.2) is 5.82 Å². The Morgan fingerprint density at radius 2 is 1.78 bits per heavy atom. The van der Waals surface area contributed by atoms with Crippen LogP contribution in [0.5, 0.6) is 0 Å². The molecule has 0 saturated carbocycles. The van der Waals surface area contributed by atoms with E-state index in [9.17, 15) is 0 Å². The summed E-state index contributed by atoms with van der Waals surface area (Å²) in [6.07, 6.45) is 0. The number of hydrogen-bond acceptors (Lipinski definition) is 3. The van der Waals surface area contributed by atoms with Crippen molar-refractivity contribution in [3.05, 3.63) is 46.9 Å². The highest BCUT2D eigenvalue weighted by atomic mass is 79.9. The highest BCUT2D eigenvalue weighted by molar-refractivity contribution is 9.10. The van der Waals surface area contributed by atoms with Gasteiger partial charge in [0.05, 0.1) is 16.6 Å². The molecule has 0 atom stereocenters. The van der Waals surface area contributed by atoms with E-state index >= 15 is 0 Å². The Morgan fingerprint density at radius 1 is 1.04 bits per heavy atom. The van der Waals surface area contributed by atoms with Gasteiger partial charge in [-0.05, 0) is 51.4 Å². The lowest BCUT2D eigenvalue weighted by atomic mass is 10.2. The molecule has 118 valence electrons. The number of benzene rings is 2. The standard InChI is InChI=1S/C16H12BrN3.C2H7N/c1-2-20-14-6-4-3-5-13(14)18-15-11-9-10(17)7-8-12(11)19-16(15)20;1-3-2/h3-9H,2H2,1H3;3H,1-2H3. The van der Waals surface area contributed by atoms with Crippen LogP contribution in [-0.2, 0) is 6.54 Å². The molecule has 2 heterocycles. The summed E-state index contributed by atoms with van der Waals surface area (Å²) in [5, 5.41) is 3.85. The molecule has 0 aliphatic carbocycles. The van der Waals surface area contributed by atoms with E-state index in [4.69, 9.17) is 9.97 Å². The Kier molecular flexibility index (Phi) is 4.59. The fraction of sp³-hybridized carbons (Fsp3) is 0.222. The Labute approximate surface area is 144 Å². The van der Waals surface area contributed by atoms with Crippen LogP contribution in [0.15, 0.2) is 46.9 Å². The van der Waals surface area contributed by atoms with E-state index < -0.39 is 0 Å². The topological polar surface area (TPSA) is 42.7 Å². The molecule has 2 aromatic rings. The summed E-state index contributed by atoms with van der Waals surface area (Å²) in [7, 11) is 3.75. The number of nitrogens with zero attached hydrogens (tertiary/aromatic N) is 3. The predicted octanol–water partition coefficient (Wildman–Crippen LogP) is 4.31. The van der Waals surface area contributed by atoms with Gasteiger partial charge in [0.25, 0.3) is 0 Å². The molecule has 0 bridgehead atoms. The fourth-order valence-corrected chi connectivity index (χ4v) is 3.08. The van der Waals surface area contributed by atoms with Crippen molar-refractivity contribution in [2.45, 2.75) is 13.5 Å². The molecule has 0 amide bonds. The van der Waals surface area contributed by atoms with Crippen LogP contribution < -0.4 is 5.32 Å². The van der Waals surface area contributed by atoms with Crippen molar-refractivity contribution < 1.29 is 0 Å². The van der Waals surface area contributed by atoms with Crippen LogP contribution in [-0.4, -0.2) is 28.6 Å². The number of aromatic nitrogens is 3. The smallest absolute Gasteiger partial charge is 0.160 e. The first-order valence-electron chi connectivity index (χ1n) is 7.62. The van der Waals surface area contributed by atoms with Crippen molar-refractivity contribution in [1.82, 2.24) is 19.9 Å². The number of nitrogens with one attached hydrogen (secondary N) is 1. The summed E-state index contributed by atoms with van der Waals surface area (Å²) in [4.78, 5) is 9.57. The molecule has 4 rings (SSSR count). The van der Waals surface area contributed by atoms with Crippen LogP contribution in [0.1, 0.15) is 6.92 Å². The molecule has 0 aromatic heterocycles. The average molecular weight is 371 g/mol. The van der Waals surface area contributed by atoms with Crippen molar-refractivity contribution in [3.8, 4) is 11.5 Å². The average Bonchev–Trinajstić information content (AvgIpc) is 2.91. The van der Waals surface area contributed by atoms with Crippen LogP contribution in [0.25, 0.3) is 33.5 Å². The predicted molar refractivity (Wildman–Crippen MR) is 100 cm³/mol. The second-order valence-corrected chi connectivity index (χ2v) is 6.21. The highest BCUT2D eigenvalue weighted by Crippen LogP contribution is 2.33. The Morgan fingerprint density at radius 3 is 2.52 bits per heavy atom. The summed E-state index contributed by atoms with van der Waals surface area (Å²) in [6.45, 7) is 3.02. The number of aryl methyl sites for hydroxylation is 1. The fourth-order valence-electron chi connectivity index (χ4n) is 2.72. The molecule has 0 saturated heterocycles. The molecule has 2 aromatic carbocycles. The van der Waals surface area contributed by atoms with Gasteiger partial charge in [-0.3, -0.25) is 0 Å². The molecule has 0 radical (unpaired) electrons. The molecule has 2 aliphatic heterocycles. The van der Waals surface area contributed by atoms with Gasteiger partial charge < -0.3 is 9.88 Å². The molecule has 0 fully saturated rings. The van der Waals surface area contributed by atoms with Gasteiger partial charge in [-0.1, -0.05) is 28.1 Å². The van der Waals surface area contributed by atoms with Gasteiger partial charge in [0, 0.05) is 16.4 Å². The van der Waals surface area contributed by atoms with Crippen molar-refractivity contribution >= 4 is 37.9 Å². The number of halogens is 1. The van der Waals surface area contributed by atoms with Gasteiger partial charge in [0.2, 0.25) is 0 Å². The van der Waals surface area contributed by atoms with Gasteiger partial charge in [-0.25, -0.2) is 9.97 Å². The maximum Gasteiger partial charge on any atom is 0.160 e. The zero-order chi connectivity index (χ0) is 16.4. The Hall–Kier alpha value is -1.98. The van der Waals surface area contributed by atoms with Crippen LogP contribution in [0, 0.1) is 0 Å². The van der Waals surface area contributed by atoms with E-state index in [0.29, 0.717) is 0 Å². The molecule has 2 aliphatic rings. The SMILES string of the molecule is CCn1c2nc3ccc(Br)cc3c-2nc2ccccc21.CNC. The molecular formula is C18H19BrN4. The van der Waals surface area contributed by atoms with Crippen LogP contribution in [0.4, 0.5) is 0 Å². The maximum atomic E-state index is 4.81. The minimum atomic E-state index is 0.879. The molecule has 0 unspecified atom stereocenters. The minimum Gasteiger partial charge on any atom is -0.323 e. The quantitative estimate of drug-likeness (QED) is 0.542. The van der Waals surface area contributed by atoms with Crippen LogP contribution in [0.2, 0.25) is 0 Å². The molecule has 4 nitrogen and oxygen atoms in total. The molecule has 0 spiro atoms. The summed E-state index contributed by atoms with van der Waals surface area (Å²) >= 11 is 3.53. The summed E-state index contributed by atoms with van der Waals surface area (Å²) in [6, 6.07) is 14.4. The monoisotopic (exact) mass is 370 g/mol. The van der Waals surface area contributed by atoms with Crippen LogP contribution >= 0.6 is 15.9 Å². The van der Waals surface area contributed by atoms with Crippen molar-refractivity contribution in [2.24, 2.45) is 0 Å². The summed E-state index contributed by atoms with van der Waals surface area (Å²) in [5.41, 5.74) is 4.11. The third-order valence-electron chi connectivity index (χ3n) is 3.63. The molecule has 5 heteroatoms. The van der Waals surface area contributed by atoms with Gasteiger partial charge >= 0.3 is 0 Å². The summed E-state index contributed by atoms with van der Waals surface area (Å²) < 4.78 is 3.28. The van der Waals surface area contributed by atoms with E-state index in [1.165, 1.54) is 0 Å². The number of hydrogen-bond donors (Lipinski definition) is 1. The molecule has 23 heavy (non-hydrogen) atoms. The maximum absolute atomic E-state index is 4.81. The zero-order valence-electron chi connectivity index (χ0n) is 13.5. The van der Waals surface area contributed by atoms with Gasteiger partial charge in [-0.15, -0.1) is 0 Å². The van der Waals surface area contributed by atoms with Crippen LogP contribution in [0.3, 0.4) is 0 Å². The number of para-hydroxylation sites is 2. The lowest BCUT2D eigenvalue weighted by Gasteiger charge is -2.12. The van der Waals surface area contributed by atoms with Gasteiger partial charge in [0.1, 0.15) is 5.69 Å². The lowest BCUT2D eigenvalue weighted by Crippen LogP contribution is -2.05.